The first kappa shape index (κ1) is 15.6. The molecule has 0 aromatic heterocycles. The van der Waals surface area contributed by atoms with Gasteiger partial charge in [0.1, 0.15) is 0 Å². The van der Waals surface area contributed by atoms with Crippen LogP contribution in [0.25, 0.3) is 0 Å². The molecule has 0 nitrogen and oxygen atoms in total. The van der Waals surface area contributed by atoms with Gasteiger partial charge in [-0.25, -0.2) is 0 Å². The fourth-order valence-electron chi connectivity index (χ4n) is 5.41. The van der Waals surface area contributed by atoms with E-state index in [-0.39, 0.29) is 0 Å². The Hall–Kier alpha value is -0.260. The van der Waals surface area contributed by atoms with Gasteiger partial charge in [-0.15, -0.1) is 6.58 Å². The minimum Gasteiger partial charge on any atom is -0.103 e. The summed E-state index contributed by atoms with van der Waals surface area (Å²) in [5.74, 6) is 6.92. The van der Waals surface area contributed by atoms with E-state index in [9.17, 15) is 0 Å². The molecular weight excluding hydrogens is 252 g/mol. The van der Waals surface area contributed by atoms with E-state index in [2.05, 4.69) is 19.6 Å². The predicted molar refractivity (Wildman–Crippen MR) is 92.0 cm³/mol. The summed E-state index contributed by atoms with van der Waals surface area (Å²) in [4.78, 5) is 0. The lowest BCUT2D eigenvalue weighted by molar-refractivity contribution is 0.148. The van der Waals surface area contributed by atoms with Gasteiger partial charge in [0.25, 0.3) is 0 Å². The highest BCUT2D eigenvalue weighted by Gasteiger charge is 2.34. The molecule has 0 heteroatoms. The van der Waals surface area contributed by atoms with Crippen molar-refractivity contribution in [2.75, 3.05) is 0 Å². The maximum Gasteiger partial charge on any atom is -0.0210 e. The van der Waals surface area contributed by atoms with E-state index < -0.39 is 0 Å². The normalized spacial score (nSPS) is 40.0. The summed E-state index contributed by atoms with van der Waals surface area (Å²) in [5.41, 5.74) is 0. The molecule has 0 spiro atoms. The SMILES string of the molecule is C=CC1CC[C](C2CCC(C3CCC(C)CC3)CC2)CC1. The predicted octanol–water partition coefficient (Wildman–Crippen LogP) is 6.57. The number of rotatable bonds is 3. The molecule has 0 amide bonds. The van der Waals surface area contributed by atoms with E-state index in [0.717, 1.165) is 29.6 Å². The second kappa shape index (κ2) is 7.34. The van der Waals surface area contributed by atoms with Crippen LogP contribution in [0.4, 0.5) is 0 Å². The monoisotopic (exact) mass is 287 g/mol. The average molecular weight is 288 g/mol. The summed E-state index contributed by atoms with van der Waals surface area (Å²) < 4.78 is 0. The summed E-state index contributed by atoms with van der Waals surface area (Å²) in [6.07, 6.45) is 20.0. The molecule has 0 unspecified atom stereocenters. The van der Waals surface area contributed by atoms with Gasteiger partial charge >= 0.3 is 0 Å². The second-order valence-electron chi connectivity index (χ2n) is 8.36. The van der Waals surface area contributed by atoms with E-state index in [1.54, 1.807) is 0 Å². The van der Waals surface area contributed by atoms with Gasteiger partial charge in [0, 0.05) is 0 Å². The molecule has 3 saturated carbocycles. The van der Waals surface area contributed by atoms with Crippen molar-refractivity contribution in [2.45, 2.75) is 84.0 Å². The molecule has 0 saturated heterocycles. The van der Waals surface area contributed by atoms with Gasteiger partial charge in [-0.1, -0.05) is 25.8 Å². The molecule has 0 N–H and O–H groups in total. The lowest BCUT2D eigenvalue weighted by Crippen LogP contribution is -2.28. The van der Waals surface area contributed by atoms with Gasteiger partial charge in [0.05, 0.1) is 0 Å². The van der Waals surface area contributed by atoms with Crippen molar-refractivity contribution < 1.29 is 0 Å². The van der Waals surface area contributed by atoms with E-state index >= 15 is 0 Å². The highest BCUT2D eigenvalue weighted by atomic mass is 14.4. The first-order valence-electron chi connectivity index (χ1n) is 9.73. The molecule has 3 aliphatic carbocycles. The Kier molecular flexibility index (Phi) is 5.46. The maximum atomic E-state index is 3.98. The third kappa shape index (κ3) is 3.93. The van der Waals surface area contributed by atoms with Gasteiger partial charge in [0.15, 0.2) is 0 Å². The Morgan fingerprint density at radius 2 is 1.29 bits per heavy atom. The van der Waals surface area contributed by atoms with E-state index in [4.69, 9.17) is 0 Å². The van der Waals surface area contributed by atoms with Crippen LogP contribution in [-0.2, 0) is 0 Å². The lowest BCUT2D eigenvalue weighted by atomic mass is 9.65. The van der Waals surface area contributed by atoms with E-state index in [1.165, 1.54) is 77.0 Å². The molecule has 0 bridgehead atoms. The number of hydrogen-bond donors (Lipinski definition) is 0. The molecule has 0 aromatic carbocycles. The topological polar surface area (TPSA) is 0 Å². The molecule has 1 radical (unpaired) electrons. The van der Waals surface area contributed by atoms with Crippen molar-refractivity contribution in [2.24, 2.45) is 29.6 Å². The first-order chi connectivity index (χ1) is 10.3. The molecule has 21 heavy (non-hydrogen) atoms. The summed E-state index contributed by atoms with van der Waals surface area (Å²) in [5, 5.41) is 0. The van der Waals surface area contributed by atoms with Crippen LogP contribution < -0.4 is 0 Å². The fraction of sp³-hybridized carbons (Fsp3) is 0.857. The van der Waals surface area contributed by atoms with Crippen molar-refractivity contribution in [3.63, 3.8) is 0 Å². The summed E-state index contributed by atoms with van der Waals surface area (Å²) in [6, 6.07) is 0. The molecule has 3 rings (SSSR count). The van der Waals surface area contributed by atoms with Crippen molar-refractivity contribution in [3.05, 3.63) is 18.6 Å². The van der Waals surface area contributed by atoms with Crippen LogP contribution in [0, 0.1) is 35.5 Å². The van der Waals surface area contributed by atoms with Gasteiger partial charge in [0.2, 0.25) is 0 Å². The summed E-state index contributed by atoms with van der Waals surface area (Å²) in [6.45, 7) is 6.43. The van der Waals surface area contributed by atoms with Crippen molar-refractivity contribution >= 4 is 0 Å². The number of allylic oxidation sites excluding steroid dienone is 1. The zero-order valence-corrected chi connectivity index (χ0v) is 14.2. The van der Waals surface area contributed by atoms with Crippen LogP contribution in [0.3, 0.4) is 0 Å². The minimum absolute atomic E-state index is 0.814. The lowest BCUT2D eigenvalue weighted by Gasteiger charge is -2.40. The van der Waals surface area contributed by atoms with Crippen molar-refractivity contribution in [1.82, 2.24) is 0 Å². The molecule has 3 fully saturated rings. The standard InChI is InChI=1S/C21H35/c1-3-17-6-10-19(11-7-17)21-14-12-20(13-15-21)18-8-4-16(2)5-9-18/h3,16-18,20-21H,1,4-15H2,2H3. The fourth-order valence-corrected chi connectivity index (χ4v) is 5.41. The Morgan fingerprint density at radius 3 is 1.81 bits per heavy atom. The van der Waals surface area contributed by atoms with Crippen LogP contribution in [0.2, 0.25) is 0 Å². The third-order valence-corrected chi connectivity index (χ3v) is 7.08. The Bertz CT molecular complexity index is 307. The zero-order valence-electron chi connectivity index (χ0n) is 14.2. The molecule has 0 atom stereocenters. The zero-order chi connectivity index (χ0) is 14.7. The molecule has 0 aromatic rings. The maximum absolute atomic E-state index is 3.98. The van der Waals surface area contributed by atoms with Crippen molar-refractivity contribution in [3.8, 4) is 0 Å². The van der Waals surface area contributed by atoms with Gasteiger partial charge in [-0.3, -0.25) is 0 Å². The quantitative estimate of drug-likeness (QED) is 0.515. The van der Waals surface area contributed by atoms with E-state index in [0.29, 0.717) is 0 Å². The molecule has 3 aliphatic rings. The first-order valence-corrected chi connectivity index (χ1v) is 9.73. The van der Waals surface area contributed by atoms with Crippen LogP contribution in [0.5, 0.6) is 0 Å². The molecule has 0 heterocycles. The van der Waals surface area contributed by atoms with Crippen LogP contribution in [-0.4, -0.2) is 0 Å². The van der Waals surface area contributed by atoms with Crippen molar-refractivity contribution in [1.29, 1.82) is 0 Å². The molecule has 0 aliphatic heterocycles. The summed E-state index contributed by atoms with van der Waals surface area (Å²) in [7, 11) is 0. The minimum atomic E-state index is 0.814. The van der Waals surface area contributed by atoms with Gasteiger partial charge < -0.3 is 0 Å². The largest absolute Gasteiger partial charge is 0.103 e. The molecule has 119 valence electrons. The van der Waals surface area contributed by atoms with Gasteiger partial charge in [-0.05, 0) is 99.7 Å². The average Bonchev–Trinajstić information content (AvgIpc) is 2.56. The Labute approximate surface area is 132 Å². The smallest absolute Gasteiger partial charge is 0.0210 e. The second-order valence-corrected chi connectivity index (χ2v) is 8.36. The van der Waals surface area contributed by atoms with Crippen LogP contribution in [0.15, 0.2) is 12.7 Å². The molecular formula is C21H35. The van der Waals surface area contributed by atoms with Crippen LogP contribution >= 0.6 is 0 Å². The van der Waals surface area contributed by atoms with Gasteiger partial charge in [-0.2, -0.15) is 0 Å². The summed E-state index contributed by atoms with van der Waals surface area (Å²) >= 11 is 0. The third-order valence-electron chi connectivity index (χ3n) is 7.08. The Balaban J connectivity index is 1.42. The van der Waals surface area contributed by atoms with E-state index in [1.807, 2.05) is 5.92 Å². The number of hydrogen-bond acceptors (Lipinski definition) is 0. The highest BCUT2D eigenvalue weighted by Crippen LogP contribution is 2.46. The highest BCUT2D eigenvalue weighted by molar-refractivity contribution is 5.03. The van der Waals surface area contributed by atoms with Crippen LogP contribution in [0.1, 0.15) is 84.0 Å². The Morgan fingerprint density at radius 1 is 0.762 bits per heavy atom.